The van der Waals surface area contributed by atoms with Crippen LogP contribution in [-0.2, 0) is 0 Å². The summed E-state index contributed by atoms with van der Waals surface area (Å²) in [6, 6.07) is 8.66. The highest BCUT2D eigenvalue weighted by atomic mass is 32.1. The van der Waals surface area contributed by atoms with Gasteiger partial charge < -0.3 is 4.74 Å². The molecule has 0 amide bonds. The zero-order valence-electron chi connectivity index (χ0n) is 12.3. The molecule has 0 radical (unpaired) electrons. The molecule has 2 aromatic rings. The molecule has 0 aliphatic carbocycles. The molecule has 4 heteroatoms. The number of rotatable bonds is 3. The first-order valence-corrected chi connectivity index (χ1v) is 7.75. The van der Waals surface area contributed by atoms with Gasteiger partial charge in [0.15, 0.2) is 0 Å². The van der Waals surface area contributed by atoms with Gasteiger partial charge in [-0.1, -0.05) is 18.2 Å². The first-order chi connectivity index (χ1) is 9.47. The summed E-state index contributed by atoms with van der Waals surface area (Å²) in [5.41, 5.74) is 0.988. The zero-order valence-corrected chi connectivity index (χ0v) is 13.1. The molecule has 0 bridgehead atoms. The van der Waals surface area contributed by atoms with E-state index in [1.165, 1.54) is 10.4 Å². The van der Waals surface area contributed by atoms with Crippen molar-refractivity contribution >= 4 is 11.3 Å². The van der Waals surface area contributed by atoms with Crippen molar-refractivity contribution in [2.24, 2.45) is 0 Å². The number of thiazole rings is 1. The van der Waals surface area contributed by atoms with Gasteiger partial charge in [-0.3, -0.25) is 5.32 Å². The smallest absolute Gasteiger partial charge is 0.125 e. The third-order valence-corrected chi connectivity index (χ3v) is 4.82. The molecule has 106 valence electrons. The van der Waals surface area contributed by atoms with Gasteiger partial charge in [-0.05, 0) is 33.8 Å². The summed E-state index contributed by atoms with van der Waals surface area (Å²) in [6.07, 6.45) is 1.93. The number of nitrogens with one attached hydrogen (secondary N) is 1. The van der Waals surface area contributed by atoms with Crippen molar-refractivity contribution in [2.75, 3.05) is 0 Å². The second kappa shape index (κ2) is 4.86. The van der Waals surface area contributed by atoms with Crippen LogP contribution in [0.3, 0.4) is 0 Å². The summed E-state index contributed by atoms with van der Waals surface area (Å²) in [7, 11) is 0. The molecule has 3 rings (SSSR count). The molecular weight excluding hydrogens is 268 g/mol. The van der Waals surface area contributed by atoms with Gasteiger partial charge >= 0.3 is 0 Å². The fourth-order valence-corrected chi connectivity index (χ4v) is 3.50. The van der Waals surface area contributed by atoms with Crippen LogP contribution in [0.15, 0.2) is 30.5 Å². The Kier molecular flexibility index (Phi) is 3.30. The van der Waals surface area contributed by atoms with E-state index in [0.717, 1.165) is 10.8 Å². The zero-order chi connectivity index (χ0) is 14.3. The first kappa shape index (κ1) is 13.6. The summed E-state index contributed by atoms with van der Waals surface area (Å²) in [4.78, 5) is 5.72. The highest BCUT2D eigenvalue weighted by Crippen LogP contribution is 2.43. The van der Waals surface area contributed by atoms with E-state index in [2.05, 4.69) is 50.1 Å². The minimum atomic E-state index is -0.246. The normalized spacial score (nSPS) is 21.3. The maximum Gasteiger partial charge on any atom is 0.125 e. The second-order valence-corrected chi connectivity index (χ2v) is 7.14. The molecule has 0 spiro atoms. The van der Waals surface area contributed by atoms with E-state index in [4.69, 9.17) is 4.74 Å². The number of aryl methyl sites for hydroxylation is 1. The lowest BCUT2D eigenvalue weighted by atomic mass is 9.94. The Bertz CT molecular complexity index is 620. The van der Waals surface area contributed by atoms with Crippen molar-refractivity contribution in [1.82, 2.24) is 10.3 Å². The molecule has 1 aromatic carbocycles. The molecule has 0 saturated heterocycles. The van der Waals surface area contributed by atoms with Gasteiger partial charge in [0.2, 0.25) is 0 Å². The van der Waals surface area contributed by atoms with Crippen molar-refractivity contribution in [1.29, 1.82) is 0 Å². The van der Waals surface area contributed by atoms with Crippen LogP contribution < -0.4 is 10.1 Å². The van der Waals surface area contributed by atoms with E-state index in [1.807, 2.05) is 18.3 Å². The van der Waals surface area contributed by atoms with Crippen molar-refractivity contribution < 1.29 is 4.74 Å². The maximum absolute atomic E-state index is 6.07. The van der Waals surface area contributed by atoms with Crippen LogP contribution in [0.2, 0.25) is 0 Å². The number of benzene rings is 1. The quantitative estimate of drug-likeness (QED) is 0.926. The predicted octanol–water partition coefficient (Wildman–Crippen LogP) is 4.01. The number of hydrogen-bond acceptors (Lipinski definition) is 4. The van der Waals surface area contributed by atoms with Crippen LogP contribution in [0, 0.1) is 6.92 Å². The summed E-state index contributed by atoms with van der Waals surface area (Å²) in [5, 5.41) is 4.81. The monoisotopic (exact) mass is 288 g/mol. The lowest BCUT2D eigenvalue weighted by Crippen LogP contribution is -2.40. The topological polar surface area (TPSA) is 34.2 Å². The summed E-state index contributed by atoms with van der Waals surface area (Å²) < 4.78 is 6.07. The van der Waals surface area contributed by atoms with E-state index < -0.39 is 0 Å². The number of aromatic nitrogens is 1. The summed E-state index contributed by atoms with van der Waals surface area (Å²) in [5.74, 6) is 0.984. The molecule has 2 atom stereocenters. The number of hydrogen-bond donors (Lipinski definition) is 1. The Balaban J connectivity index is 1.86. The van der Waals surface area contributed by atoms with Crippen LogP contribution in [0.1, 0.15) is 48.3 Å². The third kappa shape index (κ3) is 2.34. The SMILES string of the molecule is Cc1cnc(C(C)NC2c3ccccc3OC2(C)C)s1. The van der Waals surface area contributed by atoms with Gasteiger partial charge in [-0.25, -0.2) is 4.98 Å². The van der Waals surface area contributed by atoms with Crippen molar-refractivity contribution in [2.45, 2.75) is 45.4 Å². The second-order valence-electron chi connectivity index (χ2n) is 5.87. The molecule has 1 aromatic heterocycles. The molecule has 3 nitrogen and oxygen atoms in total. The van der Waals surface area contributed by atoms with E-state index in [0.29, 0.717) is 0 Å². The number of fused-ring (bicyclic) bond motifs is 1. The maximum atomic E-state index is 6.07. The van der Waals surface area contributed by atoms with Crippen LogP contribution in [0.25, 0.3) is 0 Å². The predicted molar refractivity (Wildman–Crippen MR) is 82.3 cm³/mol. The molecule has 1 aliphatic heterocycles. The molecule has 0 saturated carbocycles. The van der Waals surface area contributed by atoms with Gasteiger partial charge in [0, 0.05) is 16.6 Å². The summed E-state index contributed by atoms with van der Waals surface area (Å²) in [6.45, 7) is 8.51. The highest BCUT2D eigenvalue weighted by Gasteiger charge is 2.41. The van der Waals surface area contributed by atoms with Crippen LogP contribution in [-0.4, -0.2) is 10.6 Å². The van der Waals surface area contributed by atoms with Crippen molar-refractivity contribution in [3.63, 3.8) is 0 Å². The molecule has 1 aliphatic rings. The highest BCUT2D eigenvalue weighted by molar-refractivity contribution is 7.11. The molecule has 0 fully saturated rings. The Morgan fingerprint density at radius 1 is 1.35 bits per heavy atom. The van der Waals surface area contributed by atoms with Gasteiger partial charge in [0.25, 0.3) is 0 Å². The van der Waals surface area contributed by atoms with Gasteiger partial charge in [-0.2, -0.15) is 0 Å². The van der Waals surface area contributed by atoms with Crippen molar-refractivity contribution in [3.05, 3.63) is 45.9 Å². The molecular formula is C16H20N2OS. The Hall–Kier alpha value is -1.39. The van der Waals surface area contributed by atoms with E-state index in [9.17, 15) is 0 Å². The molecule has 20 heavy (non-hydrogen) atoms. The third-order valence-electron chi connectivity index (χ3n) is 3.72. The lowest BCUT2D eigenvalue weighted by Gasteiger charge is -2.29. The average molecular weight is 288 g/mol. The lowest BCUT2D eigenvalue weighted by molar-refractivity contribution is 0.0919. The van der Waals surface area contributed by atoms with Gasteiger partial charge in [-0.15, -0.1) is 11.3 Å². The number of nitrogens with zero attached hydrogens (tertiary/aromatic N) is 1. The molecule has 2 heterocycles. The first-order valence-electron chi connectivity index (χ1n) is 6.94. The largest absolute Gasteiger partial charge is 0.486 e. The molecule has 2 unspecified atom stereocenters. The Labute approximate surface area is 124 Å². The Morgan fingerprint density at radius 3 is 2.80 bits per heavy atom. The van der Waals surface area contributed by atoms with Crippen LogP contribution in [0.5, 0.6) is 5.75 Å². The molecule has 1 N–H and O–H groups in total. The van der Waals surface area contributed by atoms with Crippen molar-refractivity contribution in [3.8, 4) is 5.75 Å². The standard InChI is InChI=1S/C16H20N2OS/c1-10-9-17-15(20-10)11(2)18-14-12-7-5-6-8-13(12)19-16(14,3)4/h5-9,11,14,18H,1-4H3. The van der Waals surface area contributed by atoms with E-state index >= 15 is 0 Å². The minimum absolute atomic E-state index is 0.179. The summed E-state index contributed by atoms with van der Waals surface area (Å²) >= 11 is 1.75. The fourth-order valence-electron chi connectivity index (χ4n) is 2.71. The van der Waals surface area contributed by atoms with Crippen LogP contribution >= 0.6 is 11.3 Å². The van der Waals surface area contributed by atoms with Gasteiger partial charge in [0.1, 0.15) is 16.4 Å². The van der Waals surface area contributed by atoms with Crippen LogP contribution in [0.4, 0.5) is 0 Å². The minimum Gasteiger partial charge on any atom is -0.486 e. The number of para-hydroxylation sites is 1. The van der Waals surface area contributed by atoms with E-state index in [1.54, 1.807) is 11.3 Å². The van der Waals surface area contributed by atoms with Gasteiger partial charge in [0.05, 0.1) is 12.1 Å². The Morgan fingerprint density at radius 2 is 2.10 bits per heavy atom. The number of ether oxygens (including phenoxy) is 1. The van der Waals surface area contributed by atoms with E-state index in [-0.39, 0.29) is 17.7 Å². The fraction of sp³-hybridized carbons (Fsp3) is 0.438. The average Bonchev–Trinajstić information content (AvgIpc) is 2.92.